The molecule has 0 heterocycles. The Bertz CT molecular complexity index is 1520. The van der Waals surface area contributed by atoms with Gasteiger partial charge in [-0.1, -0.05) is 30.7 Å². The summed E-state index contributed by atoms with van der Waals surface area (Å²) in [4.78, 5) is 55.7. The molecule has 1 aromatic rings. The van der Waals surface area contributed by atoms with Gasteiger partial charge in [-0.05, 0) is 74.8 Å². The molecule has 262 valence electrons. The minimum atomic E-state index is -2.52. The van der Waals surface area contributed by atoms with E-state index in [0.717, 1.165) is 0 Å². The van der Waals surface area contributed by atoms with Gasteiger partial charge in [-0.15, -0.1) is 0 Å². The zero-order chi connectivity index (χ0) is 35.2. The van der Waals surface area contributed by atoms with E-state index in [0.29, 0.717) is 17.6 Å². The monoisotopic (exact) mass is 676 g/mol. The van der Waals surface area contributed by atoms with Gasteiger partial charge in [0, 0.05) is 22.3 Å². The third-order valence-corrected chi connectivity index (χ3v) is 11.2. The third-order valence-electron chi connectivity index (χ3n) is 11.2. The third kappa shape index (κ3) is 5.71. The standard InChI is InChI=1S/C33H41FN2O12/c1-30-11-9-21(38)13-20(30)7-8-22-23-14-25(39)33(44,31(23,2)15-26(40)32(22,30)34)27(41)17-47-29(43)24(16-37)35-28(42)19-5-3-18(4-6-19)10-12-48-36(45)46/h3-6,9,11,13,22-26,37,39-40,44-46H,7-8,10,12,14-17H2,1-2H3,(H,35,42)/t22-,23-,24?,25+,26-,30-,31-,32-,33-/m0/s1. The molecule has 7 N–H and O–H groups in total. The molecule has 1 aromatic carbocycles. The second-order valence-electron chi connectivity index (χ2n) is 13.6. The SMILES string of the molecule is C[C@]12C=CC(=O)C=C1CC[C@H]1[C@@H]3C[C@@H](O)[C@](O)(C(=O)COC(=O)C(CO)NC(=O)c4ccc(CCON(O)O)cc4)[C@@]3(C)C[C@H](O)[C@@]12F. The number of halogens is 1. The van der Waals surface area contributed by atoms with Crippen molar-refractivity contribution in [2.24, 2.45) is 22.7 Å². The van der Waals surface area contributed by atoms with Crippen molar-refractivity contribution in [1.82, 2.24) is 10.7 Å². The van der Waals surface area contributed by atoms with Gasteiger partial charge in [-0.3, -0.25) is 29.6 Å². The van der Waals surface area contributed by atoms with Gasteiger partial charge in [0.05, 0.1) is 30.8 Å². The normalized spacial score (nSPS) is 36.0. The number of esters is 1. The lowest BCUT2D eigenvalue weighted by Gasteiger charge is -2.62. The summed E-state index contributed by atoms with van der Waals surface area (Å²) in [5.74, 6) is -4.92. The maximum absolute atomic E-state index is 17.3. The highest BCUT2D eigenvalue weighted by molar-refractivity contribution is 6.01. The van der Waals surface area contributed by atoms with E-state index in [1.54, 1.807) is 19.1 Å². The van der Waals surface area contributed by atoms with Crippen LogP contribution in [0.5, 0.6) is 0 Å². The first kappa shape index (κ1) is 35.9. The Morgan fingerprint density at radius 1 is 1.10 bits per heavy atom. The molecule has 0 aromatic heterocycles. The topological polar surface area (TPSA) is 223 Å². The number of nitrogens with zero attached hydrogens (tertiary/aromatic N) is 1. The maximum atomic E-state index is 17.3. The van der Waals surface area contributed by atoms with Crippen LogP contribution >= 0.6 is 0 Å². The molecule has 0 bridgehead atoms. The number of aliphatic hydroxyl groups excluding tert-OH is 3. The van der Waals surface area contributed by atoms with Crippen LogP contribution in [0.4, 0.5) is 4.39 Å². The quantitative estimate of drug-likeness (QED) is 0.126. The molecular formula is C33H41FN2O12. The number of ketones is 2. The number of rotatable bonds is 11. The second-order valence-corrected chi connectivity index (χ2v) is 13.6. The Hall–Kier alpha value is -3.41. The van der Waals surface area contributed by atoms with Crippen molar-refractivity contribution in [3.05, 3.63) is 59.2 Å². The molecule has 1 amide bonds. The van der Waals surface area contributed by atoms with Crippen LogP contribution in [-0.2, 0) is 30.4 Å². The van der Waals surface area contributed by atoms with E-state index in [9.17, 15) is 39.6 Å². The number of ether oxygens (including phenoxy) is 1. The zero-order valence-corrected chi connectivity index (χ0v) is 26.5. The van der Waals surface area contributed by atoms with Gasteiger partial charge in [-0.25, -0.2) is 9.18 Å². The Labute approximate surface area is 275 Å². The average Bonchev–Trinajstić information content (AvgIpc) is 3.24. The van der Waals surface area contributed by atoms with Crippen molar-refractivity contribution < 1.29 is 64.0 Å². The number of Topliss-reactive ketones (excluding diaryl/α,β-unsaturated/α-hetero) is 1. The summed E-state index contributed by atoms with van der Waals surface area (Å²) in [5, 5.41) is 63.3. The lowest BCUT2D eigenvalue weighted by molar-refractivity contribution is -0.492. The van der Waals surface area contributed by atoms with Crippen LogP contribution in [0.25, 0.3) is 0 Å². The van der Waals surface area contributed by atoms with Crippen LogP contribution in [0, 0.1) is 22.7 Å². The largest absolute Gasteiger partial charge is 0.456 e. The van der Waals surface area contributed by atoms with Crippen LogP contribution in [0.1, 0.15) is 55.5 Å². The summed E-state index contributed by atoms with van der Waals surface area (Å²) in [7, 11) is 0. The van der Waals surface area contributed by atoms with Crippen LogP contribution < -0.4 is 5.32 Å². The summed E-state index contributed by atoms with van der Waals surface area (Å²) in [6.07, 6.45) is 1.07. The molecule has 48 heavy (non-hydrogen) atoms. The summed E-state index contributed by atoms with van der Waals surface area (Å²) in [6.45, 7) is 1.15. The minimum absolute atomic E-state index is 0.0575. The molecule has 4 aliphatic carbocycles. The summed E-state index contributed by atoms with van der Waals surface area (Å²) < 4.78 is 22.4. The second kappa shape index (κ2) is 13.1. The van der Waals surface area contributed by atoms with Crippen molar-refractivity contribution in [2.45, 2.75) is 75.5 Å². The van der Waals surface area contributed by atoms with Crippen molar-refractivity contribution in [3.63, 3.8) is 0 Å². The number of allylic oxidation sites excluding steroid dienone is 4. The Kier molecular flexibility index (Phi) is 9.82. The predicted octanol–water partition coefficient (Wildman–Crippen LogP) is 0.517. The number of fused-ring (bicyclic) bond motifs is 5. The van der Waals surface area contributed by atoms with E-state index in [1.807, 2.05) is 0 Å². The summed E-state index contributed by atoms with van der Waals surface area (Å²) in [5.41, 5.74) is -6.23. The van der Waals surface area contributed by atoms with Gasteiger partial charge in [-0.2, -0.15) is 0 Å². The van der Waals surface area contributed by atoms with Gasteiger partial charge in [0.1, 0.15) is 0 Å². The van der Waals surface area contributed by atoms with E-state index in [2.05, 4.69) is 10.2 Å². The molecule has 0 radical (unpaired) electrons. The molecule has 5 rings (SSSR count). The number of carbonyl (C=O) groups excluding carboxylic acids is 4. The number of hydrogen-bond acceptors (Lipinski definition) is 13. The van der Waals surface area contributed by atoms with Crippen LogP contribution in [0.15, 0.2) is 48.1 Å². The van der Waals surface area contributed by atoms with Gasteiger partial charge >= 0.3 is 5.97 Å². The van der Waals surface area contributed by atoms with E-state index >= 15 is 4.39 Å². The van der Waals surface area contributed by atoms with Crippen LogP contribution in [0.3, 0.4) is 0 Å². The number of hydrogen-bond donors (Lipinski definition) is 7. The molecule has 3 saturated carbocycles. The van der Waals surface area contributed by atoms with E-state index in [4.69, 9.17) is 15.2 Å². The zero-order valence-electron chi connectivity index (χ0n) is 26.5. The molecular weight excluding hydrogens is 635 g/mol. The first-order chi connectivity index (χ1) is 22.5. The molecule has 15 heteroatoms. The number of benzene rings is 1. The lowest BCUT2D eigenvalue weighted by Crippen LogP contribution is -2.69. The fraction of sp³-hybridized carbons (Fsp3) is 0.576. The first-order valence-corrected chi connectivity index (χ1v) is 15.8. The average molecular weight is 677 g/mol. The van der Waals surface area contributed by atoms with E-state index in [-0.39, 0.29) is 37.2 Å². The number of nitrogens with one attached hydrogen (secondary N) is 1. The molecule has 0 aliphatic heterocycles. The predicted molar refractivity (Wildman–Crippen MR) is 161 cm³/mol. The van der Waals surface area contributed by atoms with Crippen molar-refractivity contribution in [3.8, 4) is 0 Å². The van der Waals surface area contributed by atoms with Gasteiger partial charge < -0.3 is 30.5 Å². The van der Waals surface area contributed by atoms with Crippen molar-refractivity contribution in [2.75, 3.05) is 19.8 Å². The van der Waals surface area contributed by atoms with Crippen molar-refractivity contribution >= 4 is 23.4 Å². The molecule has 4 aliphatic rings. The number of carbonyl (C=O) groups is 4. The Balaban J connectivity index is 1.25. The number of aliphatic hydroxyl groups is 4. The van der Waals surface area contributed by atoms with Crippen molar-refractivity contribution in [1.29, 1.82) is 0 Å². The van der Waals surface area contributed by atoms with E-state index < -0.39 is 94.9 Å². The Morgan fingerprint density at radius 3 is 2.44 bits per heavy atom. The Morgan fingerprint density at radius 2 is 1.79 bits per heavy atom. The molecule has 9 atom stereocenters. The first-order valence-electron chi connectivity index (χ1n) is 15.8. The summed E-state index contributed by atoms with van der Waals surface area (Å²) >= 11 is 0. The van der Waals surface area contributed by atoms with Crippen LogP contribution in [-0.4, -0.2) is 109 Å². The maximum Gasteiger partial charge on any atom is 0.331 e. The number of amides is 1. The van der Waals surface area contributed by atoms with Gasteiger partial charge in [0.15, 0.2) is 29.7 Å². The summed E-state index contributed by atoms with van der Waals surface area (Å²) in [6, 6.07) is 4.39. The molecule has 14 nitrogen and oxygen atoms in total. The molecule has 0 spiro atoms. The van der Waals surface area contributed by atoms with Gasteiger partial charge in [0.25, 0.3) is 5.91 Å². The number of alkyl halides is 1. The molecule has 0 saturated heterocycles. The van der Waals surface area contributed by atoms with E-state index in [1.165, 1.54) is 37.3 Å². The lowest BCUT2D eigenvalue weighted by atomic mass is 9.44. The highest BCUT2D eigenvalue weighted by Crippen LogP contribution is 2.69. The highest BCUT2D eigenvalue weighted by Gasteiger charge is 2.76. The molecule has 1 unspecified atom stereocenters. The smallest absolute Gasteiger partial charge is 0.331 e. The van der Waals surface area contributed by atoms with Gasteiger partial charge in [0.2, 0.25) is 5.78 Å². The fourth-order valence-corrected chi connectivity index (χ4v) is 8.56. The highest BCUT2D eigenvalue weighted by atomic mass is 19.1. The van der Waals surface area contributed by atoms with Crippen LogP contribution in [0.2, 0.25) is 0 Å². The minimum Gasteiger partial charge on any atom is -0.456 e. The molecule has 3 fully saturated rings. The fourth-order valence-electron chi connectivity index (χ4n) is 8.56.